The van der Waals surface area contributed by atoms with Gasteiger partial charge in [0, 0.05) is 6.20 Å². The highest BCUT2D eigenvalue weighted by molar-refractivity contribution is 6.32. The van der Waals surface area contributed by atoms with Crippen LogP contribution in [-0.2, 0) is 6.54 Å². The molecule has 0 aromatic carbocycles. The molecule has 0 unspecified atom stereocenters. The Morgan fingerprint density at radius 2 is 1.95 bits per heavy atom. The minimum Gasteiger partial charge on any atom is -0.495 e. The molecule has 0 saturated carbocycles. The van der Waals surface area contributed by atoms with Gasteiger partial charge in [-0.1, -0.05) is 11.6 Å². The van der Waals surface area contributed by atoms with Crippen LogP contribution in [0.5, 0.6) is 5.75 Å². The molecule has 0 radical (unpaired) electrons. The van der Waals surface area contributed by atoms with Crippen LogP contribution >= 0.6 is 11.6 Å². The lowest BCUT2D eigenvalue weighted by Crippen LogP contribution is -2.32. The SMILES string of the molecule is COc1c(C)ncc(CN(N)c2nc(N)nc(Cl)c2N)c1C. The molecule has 0 saturated heterocycles. The molecular weight excluding hydrogens is 306 g/mol. The maximum Gasteiger partial charge on any atom is 0.223 e. The Hall–Kier alpha value is -2.32. The number of rotatable bonds is 4. The number of aromatic nitrogens is 3. The molecule has 6 N–H and O–H groups in total. The number of methoxy groups -OCH3 is 1. The number of nitrogens with zero attached hydrogens (tertiary/aromatic N) is 4. The second-order valence-electron chi connectivity index (χ2n) is 4.76. The third-order valence-electron chi connectivity index (χ3n) is 3.28. The Bertz CT molecular complexity index is 707. The molecule has 22 heavy (non-hydrogen) atoms. The van der Waals surface area contributed by atoms with E-state index < -0.39 is 0 Å². The number of halogens is 1. The van der Waals surface area contributed by atoms with Gasteiger partial charge in [-0.3, -0.25) is 9.99 Å². The minimum absolute atomic E-state index is 0.000911. The van der Waals surface area contributed by atoms with Gasteiger partial charge in [0.25, 0.3) is 0 Å². The second kappa shape index (κ2) is 6.20. The summed E-state index contributed by atoms with van der Waals surface area (Å²) in [4.78, 5) is 12.1. The fourth-order valence-corrected chi connectivity index (χ4v) is 2.30. The quantitative estimate of drug-likeness (QED) is 0.434. The smallest absolute Gasteiger partial charge is 0.223 e. The van der Waals surface area contributed by atoms with Crippen LogP contribution in [0.3, 0.4) is 0 Å². The Morgan fingerprint density at radius 1 is 1.27 bits per heavy atom. The standard InChI is InChI=1S/C13H18ClN7O/c1-6-8(4-18-7(2)10(6)22-3)5-21(17)12-9(15)11(14)19-13(16)20-12/h4H,5,15,17H2,1-3H3,(H2,16,19,20). The lowest BCUT2D eigenvalue weighted by atomic mass is 10.1. The monoisotopic (exact) mass is 323 g/mol. The van der Waals surface area contributed by atoms with Gasteiger partial charge in [-0.15, -0.1) is 0 Å². The van der Waals surface area contributed by atoms with Crippen molar-refractivity contribution in [2.45, 2.75) is 20.4 Å². The number of nitrogens with two attached hydrogens (primary N) is 3. The second-order valence-corrected chi connectivity index (χ2v) is 5.12. The summed E-state index contributed by atoms with van der Waals surface area (Å²) in [5.74, 6) is 7.03. The highest BCUT2D eigenvalue weighted by Crippen LogP contribution is 2.29. The van der Waals surface area contributed by atoms with E-state index in [0.29, 0.717) is 6.54 Å². The van der Waals surface area contributed by atoms with Crippen molar-refractivity contribution < 1.29 is 4.74 Å². The highest BCUT2D eigenvalue weighted by Gasteiger charge is 2.16. The fourth-order valence-electron chi connectivity index (χ4n) is 2.13. The normalized spacial score (nSPS) is 10.6. The van der Waals surface area contributed by atoms with Crippen molar-refractivity contribution in [1.29, 1.82) is 0 Å². The summed E-state index contributed by atoms with van der Waals surface area (Å²) in [5.41, 5.74) is 14.2. The molecule has 0 amide bonds. The van der Waals surface area contributed by atoms with Crippen LogP contribution in [0, 0.1) is 13.8 Å². The van der Waals surface area contributed by atoms with Crippen LogP contribution in [0.2, 0.25) is 5.15 Å². The number of hydrazine groups is 1. The van der Waals surface area contributed by atoms with Crippen molar-refractivity contribution in [3.05, 3.63) is 28.2 Å². The Kier molecular flexibility index (Phi) is 4.53. The maximum absolute atomic E-state index is 6.04. The summed E-state index contributed by atoms with van der Waals surface area (Å²) in [6.45, 7) is 4.12. The van der Waals surface area contributed by atoms with E-state index in [2.05, 4.69) is 15.0 Å². The molecular formula is C13H18ClN7O. The molecule has 0 aliphatic heterocycles. The van der Waals surface area contributed by atoms with Gasteiger partial charge in [0.05, 0.1) is 19.3 Å². The van der Waals surface area contributed by atoms with Gasteiger partial charge >= 0.3 is 0 Å². The van der Waals surface area contributed by atoms with E-state index >= 15 is 0 Å². The van der Waals surface area contributed by atoms with Gasteiger partial charge in [0.2, 0.25) is 5.95 Å². The van der Waals surface area contributed by atoms with Crippen LogP contribution in [0.1, 0.15) is 16.8 Å². The van der Waals surface area contributed by atoms with E-state index in [4.69, 9.17) is 33.6 Å². The highest BCUT2D eigenvalue weighted by atomic mass is 35.5. The maximum atomic E-state index is 6.04. The van der Waals surface area contributed by atoms with E-state index in [1.165, 1.54) is 5.01 Å². The van der Waals surface area contributed by atoms with Crippen molar-refractivity contribution in [3.63, 3.8) is 0 Å². The molecule has 0 aliphatic rings. The molecule has 9 heteroatoms. The molecule has 0 atom stereocenters. The molecule has 2 aromatic rings. The Morgan fingerprint density at radius 3 is 2.59 bits per heavy atom. The molecule has 2 rings (SSSR count). The molecule has 2 heterocycles. The van der Waals surface area contributed by atoms with Crippen LogP contribution in [-0.4, -0.2) is 22.1 Å². The summed E-state index contributed by atoms with van der Waals surface area (Å²) >= 11 is 5.90. The van der Waals surface area contributed by atoms with Gasteiger partial charge in [0.1, 0.15) is 11.4 Å². The molecule has 8 nitrogen and oxygen atoms in total. The number of aryl methyl sites for hydroxylation is 1. The molecule has 0 bridgehead atoms. The Labute approximate surface area is 133 Å². The van der Waals surface area contributed by atoms with Crippen LogP contribution in [0.4, 0.5) is 17.5 Å². The number of ether oxygens (including phenoxy) is 1. The average molecular weight is 324 g/mol. The zero-order chi connectivity index (χ0) is 16.4. The van der Waals surface area contributed by atoms with Gasteiger partial charge in [-0.2, -0.15) is 9.97 Å². The van der Waals surface area contributed by atoms with Crippen molar-refractivity contribution in [2.75, 3.05) is 23.6 Å². The van der Waals surface area contributed by atoms with E-state index in [1.54, 1.807) is 13.3 Å². The molecule has 0 spiro atoms. The summed E-state index contributed by atoms with van der Waals surface area (Å²) in [7, 11) is 1.60. The van der Waals surface area contributed by atoms with Crippen molar-refractivity contribution in [2.24, 2.45) is 5.84 Å². The molecule has 118 valence electrons. The number of hydrogen-bond donors (Lipinski definition) is 3. The third-order valence-corrected chi connectivity index (χ3v) is 3.57. The van der Waals surface area contributed by atoms with Gasteiger partial charge in [-0.25, -0.2) is 5.84 Å². The predicted molar refractivity (Wildman–Crippen MR) is 86.5 cm³/mol. The molecule has 0 aliphatic carbocycles. The summed E-state index contributed by atoms with van der Waals surface area (Å²) in [6.07, 6.45) is 1.73. The first-order valence-corrected chi connectivity index (χ1v) is 6.82. The topological polar surface area (TPSA) is 129 Å². The van der Waals surface area contributed by atoms with E-state index in [0.717, 1.165) is 22.6 Å². The first kappa shape index (κ1) is 16.1. The largest absolute Gasteiger partial charge is 0.495 e. The Balaban J connectivity index is 2.36. The van der Waals surface area contributed by atoms with E-state index in [1.807, 2.05) is 13.8 Å². The van der Waals surface area contributed by atoms with Crippen LogP contribution < -0.4 is 27.1 Å². The lowest BCUT2D eigenvalue weighted by Gasteiger charge is -2.21. The van der Waals surface area contributed by atoms with Crippen molar-refractivity contribution in [1.82, 2.24) is 15.0 Å². The fraction of sp³-hybridized carbons (Fsp3) is 0.308. The summed E-state index contributed by atoms with van der Waals surface area (Å²) < 4.78 is 5.35. The van der Waals surface area contributed by atoms with E-state index in [-0.39, 0.29) is 22.6 Å². The zero-order valence-corrected chi connectivity index (χ0v) is 13.3. The first-order chi connectivity index (χ1) is 10.3. The molecule has 2 aromatic heterocycles. The number of hydrogen-bond acceptors (Lipinski definition) is 8. The first-order valence-electron chi connectivity index (χ1n) is 6.45. The number of nitrogen functional groups attached to an aromatic ring is 2. The van der Waals surface area contributed by atoms with Crippen LogP contribution in [0.25, 0.3) is 0 Å². The third kappa shape index (κ3) is 2.97. The minimum atomic E-state index is 0.000911. The van der Waals surface area contributed by atoms with Gasteiger partial charge < -0.3 is 16.2 Å². The number of pyridine rings is 1. The van der Waals surface area contributed by atoms with Crippen molar-refractivity contribution in [3.8, 4) is 5.75 Å². The van der Waals surface area contributed by atoms with Gasteiger partial charge in [0.15, 0.2) is 11.0 Å². The summed E-state index contributed by atoms with van der Waals surface area (Å²) in [5, 5.41) is 1.41. The lowest BCUT2D eigenvalue weighted by molar-refractivity contribution is 0.405. The number of anilines is 3. The van der Waals surface area contributed by atoms with Crippen LogP contribution in [0.15, 0.2) is 6.20 Å². The predicted octanol–water partition coefficient (Wildman–Crippen LogP) is 1.20. The van der Waals surface area contributed by atoms with Gasteiger partial charge in [-0.05, 0) is 25.0 Å². The van der Waals surface area contributed by atoms with Crippen molar-refractivity contribution >= 4 is 29.1 Å². The molecule has 0 fully saturated rings. The average Bonchev–Trinajstić information content (AvgIpc) is 2.46. The zero-order valence-electron chi connectivity index (χ0n) is 12.6. The summed E-state index contributed by atoms with van der Waals surface area (Å²) in [6, 6.07) is 0. The van der Waals surface area contributed by atoms with E-state index in [9.17, 15) is 0 Å².